The van der Waals surface area contributed by atoms with E-state index in [1.165, 1.54) is 12.3 Å². The van der Waals surface area contributed by atoms with Gasteiger partial charge in [0.25, 0.3) is 0 Å². The van der Waals surface area contributed by atoms with Crippen molar-refractivity contribution in [2.75, 3.05) is 6.61 Å². The van der Waals surface area contributed by atoms with Gasteiger partial charge in [-0.2, -0.15) is 0 Å². The minimum atomic E-state index is -1.17. The fourth-order valence-corrected chi connectivity index (χ4v) is 1.43. The highest BCUT2D eigenvalue weighted by Gasteiger charge is 2.18. The molecule has 0 saturated carbocycles. The Kier molecular flexibility index (Phi) is 5.52. The second-order valence-electron chi connectivity index (χ2n) is 5.51. The molecule has 0 aliphatic heterocycles. The number of aromatic nitrogens is 1. The molecule has 0 fully saturated rings. The van der Waals surface area contributed by atoms with Crippen LogP contribution >= 0.6 is 0 Å². The summed E-state index contributed by atoms with van der Waals surface area (Å²) in [6.45, 7) is 7.12. The van der Waals surface area contributed by atoms with Gasteiger partial charge in [-0.1, -0.05) is 0 Å². The fraction of sp³-hybridized carbons (Fsp3) is 0.500. The minimum absolute atomic E-state index is 0.102. The lowest BCUT2D eigenvalue weighted by molar-refractivity contribution is 0.0491. The number of ether oxygens (including phenoxy) is 2. The molecule has 21 heavy (non-hydrogen) atoms. The molecule has 7 nitrogen and oxygen atoms in total. The van der Waals surface area contributed by atoms with E-state index in [0.717, 1.165) is 0 Å². The molecule has 0 aliphatic rings. The van der Waals surface area contributed by atoms with E-state index >= 15 is 0 Å². The molecular formula is C14H20N2O5. The van der Waals surface area contributed by atoms with E-state index in [9.17, 15) is 9.59 Å². The SMILES string of the molecule is C[C@@H](COc1cccnc1C(=O)O)NC(=O)OC(C)(C)C. The molecular weight excluding hydrogens is 276 g/mol. The average Bonchev–Trinajstić information content (AvgIpc) is 2.34. The number of amides is 1. The van der Waals surface area contributed by atoms with Gasteiger partial charge in [-0.25, -0.2) is 14.6 Å². The van der Waals surface area contributed by atoms with E-state index in [0.29, 0.717) is 0 Å². The van der Waals surface area contributed by atoms with Crippen LogP contribution in [0.2, 0.25) is 0 Å². The number of carbonyl (C=O) groups is 2. The van der Waals surface area contributed by atoms with Gasteiger partial charge in [0, 0.05) is 6.20 Å². The molecule has 1 aromatic rings. The van der Waals surface area contributed by atoms with E-state index in [1.54, 1.807) is 33.8 Å². The average molecular weight is 296 g/mol. The minimum Gasteiger partial charge on any atom is -0.489 e. The maximum Gasteiger partial charge on any atom is 0.407 e. The highest BCUT2D eigenvalue weighted by atomic mass is 16.6. The molecule has 0 aliphatic carbocycles. The van der Waals surface area contributed by atoms with Crippen LogP contribution in [0.5, 0.6) is 5.75 Å². The Bertz CT molecular complexity index is 510. The third-order valence-electron chi connectivity index (χ3n) is 2.23. The highest BCUT2D eigenvalue weighted by Crippen LogP contribution is 2.15. The van der Waals surface area contributed by atoms with Crippen LogP contribution in [0, 0.1) is 0 Å². The first-order valence-electron chi connectivity index (χ1n) is 6.49. The smallest absolute Gasteiger partial charge is 0.407 e. The van der Waals surface area contributed by atoms with Crippen molar-refractivity contribution in [2.45, 2.75) is 39.3 Å². The molecule has 7 heteroatoms. The lowest BCUT2D eigenvalue weighted by atomic mass is 10.2. The lowest BCUT2D eigenvalue weighted by Gasteiger charge is -2.22. The standard InChI is InChI=1S/C14H20N2O5/c1-9(16-13(19)21-14(2,3)4)8-20-10-6-5-7-15-11(10)12(17)18/h5-7,9H,8H2,1-4H3,(H,16,19)(H,17,18)/t9-/m0/s1. The number of carboxylic acid groups (broad SMARTS) is 1. The summed E-state index contributed by atoms with van der Waals surface area (Å²) in [5, 5.41) is 11.6. The van der Waals surface area contributed by atoms with Gasteiger partial charge < -0.3 is 19.9 Å². The maximum atomic E-state index is 11.6. The summed E-state index contributed by atoms with van der Waals surface area (Å²) in [5.74, 6) is -1.01. The van der Waals surface area contributed by atoms with Crippen molar-refractivity contribution in [3.63, 3.8) is 0 Å². The number of alkyl carbamates (subject to hydrolysis) is 1. The molecule has 1 rings (SSSR count). The monoisotopic (exact) mass is 296 g/mol. The second kappa shape index (κ2) is 6.92. The second-order valence-corrected chi connectivity index (χ2v) is 5.51. The van der Waals surface area contributed by atoms with E-state index < -0.39 is 17.7 Å². The predicted molar refractivity (Wildman–Crippen MR) is 75.5 cm³/mol. The van der Waals surface area contributed by atoms with Gasteiger partial charge in [0.05, 0.1) is 6.04 Å². The normalized spacial score (nSPS) is 12.4. The molecule has 1 atom stereocenters. The molecule has 1 heterocycles. The van der Waals surface area contributed by atoms with Crippen LogP contribution in [0.25, 0.3) is 0 Å². The largest absolute Gasteiger partial charge is 0.489 e. The van der Waals surface area contributed by atoms with E-state index in [2.05, 4.69) is 10.3 Å². The van der Waals surface area contributed by atoms with Gasteiger partial charge >= 0.3 is 12.1 Å². The number of aromatic carboxylic acids is 1. The summed E-state index contributed by atoms with van der Waals surface area (Å²) < 4.78 is 10.5. The summed E-state index contributed by atoms with van der Waals surface area (Å²) in [6, 6.07) is 2.74. The Labute approximate surface area is 123 Å². The van der Waals surface area contributed by atoms with Crippen LogP contribution in [-0.4, -0.2) is 40.4 Å². The Morgan fingerprint density at radius 2 is 2.10 bits per heavy atom. The van der Waals surface area contributed by atoms with Gasteiger partial charge in [-0.05, 0) is 39.8 Å². The third-order valence-corrected chi connectivity index (χ3v) is 2.23. The first-order chi connectivity index (χ1) is 9.69. The summed E-state index contributed by atoms with van der Waals surface area (Å²) in [4.78, 5) is 26.3. The van der Waals surface area contributed by atoms with Gasteiger partial charge in [-0.15, -0.1) is 0 Å². The van der Waals surface area contributed by atoms with Crippen LogP contribution in [-0.2, 0) is 4.74 Å². The summed E-state index contributed by atoms with van der Waals surface area (Å²) in [5.41, 5.74) is -0.744. The third kappa shape index (κ3) is 6.11. The Morgan fingerprint density at radius 1 is 1.43 bits per heavy atom. The number of nitrogens with zero attached hydrogens (tertiary/aromatic N) is 1. The number of carboxylic acids is 1. The number of hydrogen-bond acceptors (Lipinski definition) is 5. The Balaban J connectivity index is 2.52. The van der Waals surface area contributed by atoms with E-state index in [-0.39, 0.29) is 24.1 Å². The lowest BCUT2D eigenvalue weighted by Crippen LogP contribution is -2.40. The van der Waals surface area contributed by atoms with Crippen LogP contribution in [0.1, 0.15) is 38.2 Å². The van der Waals surface area contributed by atoms with Crippen LogP contribution in [0.15, 0.2) is 18.3 Å². The summed E-state index contributed by atoms with van der Waals surface area (Å²) in [7, 11) is 0. The zero-order valence-corrected chi connectivity index (χ0v) is 12.5. The Hall–Kier alpha value is -2.31. The van der Waals surface area contributed by atoms with Crippen molar-refractivity contribution < 1.29 is 24.2 Å². The van der Waals surface area contributed by atoms with Gasteiger partial charge in [0.1, 0.15) is 12.2 Å². The molecule has 0 unspecified atom stereocenters. The Morgan fingerprint density at radius 3 is 2.67 bits per heavy atom. The fourth-order valence-electron chi connectivity index (χ4n) is 1.43. The molecule has 0 spiro atoms. The molecule has 116 valence electrons. The summed E-state index contributed by atoms with van der Waals surface area (Å²) >= 11 is 0. The highest BCUT2D eigenvalue weighted by molar-refractivity contribution is 5.88. The van der Waals surface area contributed by atoms with Gasteiger partial charge in [0.2, 0.25) is 0 Å². The van der Waals surface area contributed by atoms with Crippen LogP contribution < -0.4 is 10.1 Å². The number of carbonyl (C=O) groups excluding carboxylic acids is 1. The van der Waals surface area contributed by atoms with Crippen molar-refractivity contribution in [3.05, 3.63) is 24.0 Å². The molecule has 2 N–H and O–H groups in total. The van der Waals surface area contributed by atoms with E-state index in [1.807, 2.05) is 0 Å². The van der Waals surface area contributed by atoms with Crippen molar-refractivity contribution in [1.29, 1.82) is 0 Å². The number of nitrogens with one attached hydrogen (secondary N) is 1. The summed E-state index contributed by atoms with van der Waals surface area (Å²) in [6.07, 6.45) is 0.821. The van der Waals surface area contributed by atoms with Crippen LogP contribution in [0.3, 0.4) is 0 Å². The molecule has 0 radical (unpaired) electrons. The van der Waals surface area contributed by atoms with Crippen molar-refractivity contribution >= 4 is 12.1 Å². The zero-order valence-electron chi connectivity index (χ0n) is 12.5. The molecule has 1 aromatic heterocycles. The molecule has 0 aromatic carbocycles. The number of hydrogen-bond donors (Lipinski definition) is 2. The maximum absolute atomic E-state index is 11.6. The number of pyridine rings is 1. The molecule has 1 amide bonds. The molecule has 0 bridgehead atoms. The first kappa shape index (κ1) is 16.7. The zero-order chi connectivity index (χ0) is 16.0. The first-order valence-corrected chi connectivity index (χ1v) is 6.49. The topological polar surface area (TPSA) is 97.8 Å². The van der Waals surface area contributed by atoms with Crippen molar-refractivity contribution in [2.24, 2.45) is 0 Å². The molecule has 0 saturated heterocycles. The quantitative estimate of drug-likeness (QED) is 0.863. The number of rotatable bonds is 5. The van der Waals surface area contributed by atoms with Crippen molar-refractivity contribution in [1.82, 2.24) is 10.3 Å². The van der Waals surface area contributed by atoms with Gasteiger partial charge in [-0.3, -0.25) is 0 Å². The van der Waals surface area contributed by atoms with Crippen molar-refractivity contribution in [3.8, 4) is 5.75 Å². The van der Waals surface area contributed by atoms with Gasteiger partial charge in [0.15, 0.2) is 11.4 Å². The van der Waals surface area contributed by atoms with Crippen LogP contribution in [0.4, 0.5) is 4.79 Å². The predicted octanol–water partition coefficient (Wildman–Crippen LogP) is 2.07. The van der Waals surface area contributed by atoms with E-state index in [4.69, 9.17) is 14.6 Å².